The Bertz CT molecular complexity index is 2140. The molecule has 7 aromatic rings. The first-order valence-electron chi connectivity index (χ1n) is 14.1. The van der Waals surface area contributed by atoms with E-state index in [2.05, 4.69) is 61.6 Å². The molecule has 0 aliphatic carbocycles. The predicted molar refractivity (Wildman–Crippen MR) is 168 cm³/mol. The highest BCUT2D eigenvalue weighted by atomic mass is 32.1. The number of carbonyl (C=O) groups is 1. The minimum absolute atomic E-state index is 0.147. The van der Waals surface area contributed by atoms with Crippen LogP contribution in [0.15, 0.2) is 97.1 Å². The van der Waals surface area contributed by atoms with Gasteiger partial charge in [-0.2, -0.15) is 4.40 Å². The second-order valence-electron chi connectivity index (χ2n) is 11.2. The van der Waals surface area contributed by atoms with Gasteiger partial charge in [0.05, 0.1) is 15.8 Å². The minimum atomic E-state index is -0.360. The maximum atomic E-state index is 14.4. The van der Waals surface area contributed by atoms with E-state index < -0.39 is 0 Å². The molecular weight excluding hydrogens is 538 g/mol. The summed E-state index contributed by atoms with van der Waals surface area (Å²) in [7, 11) is 0. The molecular formula is C36H29N3O2S. The maximum absolute atomic E-state index is 14.4. The first-order chi connectivity index (χ1) is 20.3. The van der Waals surface area contributed by atoms with Crippen molar-refractivity contribution in [1.82, 2.24) is 9.55 Å². The number of para-hydroxylation sites is 1. The highest BCUT2D eigenvalue weighted by molar-refractivity contribution is 7.24. The van der Waals surface area contributed by atoms with Crippen LogP contribution in [0.3, 0.4) is 0 Å². The van der Waals surface area contributed by atoms with Crippen molar-refractivity contribution >= 4 is 43.2 Å². The molecule has 0 unspecified atom stereocenters. The normalized spacial score (nSPS) is 11.7. The molecule has 5 nitrogen and oxygen atoms in total. The monoisotopic (exact) mass is 567 g/mol. The van der Waals surface area contributed by atoms with Crippen LogP contribution < -0.4 is 9.51 Å². The number of hydrogen-bond donors (Lipinski definition) is 0. The molecule has 0 saturated carbocycles. The van der Waals surface area contributed by atoms with Crippen LogP contribution in [-0.4, -0.2) is 15.3 Å². The van der Waals surface area contributed by atoms with Crippen molar-refractivity contribution < 1.29 is 14.3 Å². The maximum Gasteiger partial charge on any atom is 0.339 e. The van der Waals surface area contributed by atoms with Gasteiger partial charge in [-0.25, -0.2) is 0 Å². The summed E-state index contributed by atoms with van der Waals surface area (Å²) in [5.74, 6) is 0.418. The number of aromatic nitrogens is 3. The van der Waals surface area contributed by atoms with Crippen molar-refractivity contribution in [3.63, 3.8) is 0 Å². The lowest BCUT2D eigenvalue weighted by atomic mass is 10.0. The fourth-order valence-electron chi connectivity index (χ4n) is 5.56. The Morgan fingerprint density at radius 2 is 1.50 bits per heavy atom. The van der Waals surface area contributed by atoms with Gasteiger partial charge in [-0.1, -0.05) is 97.0 Å². The van der Waals surface area contributed by atoms with Crippen molar-refractivity contribution in [1.29, 1.82) is 0 Å². The highest BCUT2D eigenvalue weighted by Crippen LogP contribution is 2.39. The summed E-state index contributed by atoms with van der Waals surface area (Å²) in [6, 6.07) is 31.8. The molecule has 0 aliphatic rings. The largest absolute Gasteiger partial charge is 0.859 e. The Hall–Kier alpha value is -4.81. The molecule has 3 heterocycles. The molecule has 0 radical (unpaired) electrons. The highest BCUT2D eigenvalue weighted by Gasteiger charge is 2.32. The van der Waals surface area contributed by atoms with E-state index in [4.69, 9.17) is 4.98 Å². The molecule has 7 rings (SSSR count). The molecule has 0 atom stereocenters. The van der Waals surface area contributed by atoms with Crippen LogP contribution in [0, 0.1) is 13.8 Å². The van der Waals surface area contributed by atoms with Crippen LogP contribution in [0.1, 0.15) is 52.4 Å². The van der Waals surface area contributed by atoms with E-state index >= 15 is 0 Å². The van der Waals surface area contributed by atoms with Gasteiger partial charge < -0.3 is 5.11 Å². The molecule has 0 saturated heterocycles. The number of benzene rings is 4. The van der Waals surface area contributed by atoms with Crippen molar-refractivity contribution in [2.45, 2.75) is 33.6 Å². The van der Waals surface area contributed by atoms with Gasteiger partial charge in [0.25, 0.3) is 5.65 Å². The third kappa shape index (κ3) is 4.10. The summed E-state index contributed by atoms with van der Waals surface area (Å²) >= 11 is 1.57. The van der Waals surface area contributed by atoms with Gasteiger partial charge in [0.1, 0.15) is 5.39 Å². The van der Waals surface area contributed by atoms with E-state index in [0.29, 0.717) is 28.2 Å². The molecule has 206 valence electrons. The number of nitrogens with zero attached hydrogens (tertiary/aromatic N) is 3. The number of aryl methyl sites for hydroxylation is 2. The first kappa shape index (κ1) is 26.1. The average Bonchev–Trinajstić information content (AvgIpc) is 3.52. The second-order valence-corrected chi connectivity index (χ2v) is 12.2. The van der Waals surface area contributed by atoms with Gasteiger partial charge in [-0.15, -0.1) is 0 Å². The standard InChI is InChI=1S/C36H29N3O2S/c1-21(2)24-17-19-27(20-18-24)38-34-31(30(35(38)41)32(40)25-13-9-22(3)10-14-25)36-39(28-7-5-6-8-29(28)42-36)33(37-34)26-15-11-23(4)12-16-26/h5-21H,1-4H3. The molecule has 0 aliphatic heterocycles. The van der Waals surface area contributed by atoms with Gasteiger partial charge in [-0.05, 0) is 72.6 Å². The number of rotatable bonds is 5. The molecule has 6 heteroatoms. The topological polar surface area (TPSA) is 62.0 Å². The molecule has 0 spiro atoms. The van der Waals surface area contributed by atoms with Crippen LogP contribution in [-0.2, 0) is 0 Å². The third-order valence-corrected chi connectivity index (χ3v) is 9.07. The lowest BCUT2D eigenvalue weighted by Gasteiger charge is -2.15. The first-order valence-corrected chi connectivity index (χ1v) is 14.9. The van der Waals surface area contributed by atoms with Gasteiger partial charge in [-0.3, -0.25) is 9.36 Å². The van der Waals surface area contributed by atoms with E-state index in [9.17, 15) is 9.90 Å². The van der Waals surface area contributed by atoms with Crippen molar-refractivity contribution in [3.8, 4) is 23.0 Å². The van der Waals surface area contributed by atoms with Gasteiger partial charge >= 0.3 is 5.82 Å². The molecule has 0 fully saturated rings. The predicted octanol–water partition coefficient (Wildman–Crippen LogP) is 7.69. The molecule has 0 N–H and O–H groups in total. The summed E-state index contributed by atoms with van der Waals surface area (Å²) in [5, 5.41) is 15.0. The summed E-state index contributed by atoms with van der Waals surface area (Å²) in [6.45, 7) is 8.32. The molecule has 4 aromatic carbocycles. The minimum Gasteiger partial charge on any atom is -0.859 e. The van der Waals surface area contributed by atoms with E-state index in [0.717, 1.165) is 37.6 Å². The average molecular weight is 568 g/mol. The number of carbonyl (C=O) groups excluding carboxylic acids is 1. The Morgan fingerprint density at radius 1 is 0.857 bits per heavy atom. The zero-order valence-electron chi connectivity index (χ0n) is 23.9. The lowest BCUT2D eigenvalue weighted by Crippen LogP contribution is -2.25. The zero-order valence-corrected chi connectivity index (χ0v) is 24.7. The summed E-state index contributed by atoms with van der Waals surface area (Å²) < 4.78 is 4.77. The molecule has 3 aromatic heterocycles. The van der Waals surface area contributed by atoms with Crippen LogP contribution in [0.2, 0.25) is 0 Å². The fourth-order valence-corrected chi connectivity index (χ4v) is 6.75. The number of fused-ring (bicyclic) bond motifs is 5. The fraction of sp³-hybridized carbons (Fsp3) is 0.139. The zero-order chi connectivity index (χ0) is 29.1. The third-order valence-electron chi connectivity index (χ3n) is 7.92. The van der Waals surface area contributed by atoms with Crippen LogP contribution in [0.4, 0.5) is 0 Å². The van der Waals surface area contributed by atoms with Crippen LogP contribution in [0.5, 0.6) is 5.88 Å². The van der Waals surface area contributed by atoms with Gasteiger partial charge in [0.15, 0.2) is 11.3 Å². The summed E-state index contributed by atoms with van der Waals surface area (Å²) in [6.07, 6.45) is 0. The number of ketones is 1. The van der Waals surface area contributed by atoms with Gasteiger partial charge in [0.2, 0.25) is 4.83 Å². The lowest BCUT2D eigenvalue weighted by molar-refractivity contribution is -0.467. The summed E-state index contributed by atoms with van der Waals surface area (Å²) in [5.41, 5.74) is 7.09. The van der Waals surface area contributed by atoms with Crippen LogP contribution in [0.25, 0.3) is 43.2 Å². The Kier molecular flexibility index (Phi) is 6.17. The quantitative estimate of drug-likeness (QED) is 0.158. The molecule has 0 bridgehead atoms. The molecule has 42 heavy (non-hydrogen) atoms. The second kappa shape index (κ2) is 9.93. The Balaban J connectivity index is 1.64. The number of thiazole rings is 1. The Morgan fingerprint density at radius 3 is 2.17 bits per heavy atom. The Labute approximate surface area is 248 Å². The smallest absolute Gasteiger partial charge is 0.339 e. The SMILES string of the molecule is Cc1ccc(C(=O)c2c([O-])n(-c3ccc(C(C)C)cc3)c3nc(-c4ccc(C)cc4)[n+]4c5ccccc5sc4c23)cc1. The summed E-state index contributed by atoms with van der Waals surface area (Å²) in [4.78, 5) is 20.2. The van der Waals surface area contributed by atoms with E-state index in [1.807, 2.05) is 55.5 Å². The van der Waals surface area contributed by atoms with Crippen molar-refractivity contribution in [2.24, 2.45) is 0 Å². The van der Waals surface area contributed by atoms with Crippen molar-refractivity contribution in [3.05, 3.63) is 125 Å². The van der Waals surface area contributed by atoms with E-state index in [1.165, 1.54) is 5.56 Å². The van der Waals surface area contributed by atoms with E-state index in [1.54, 1.807) is 28.0 Å². The van der Waals surface area contributed by atoms with Crippen LogP contribution >= 0.6 is 11.3 Å². The van der Waals surface area contributed by atoms with Gasteiger partial charge in [0, 0.05) is 11.3 Å². The molecule has 0 amide bonds. The van der Waals surface area contributed by atoms with Crippen molar-refractivity contribution in [2.75, 3.05) is 0 Å². The number of hydrogen-bond acceptors (Lipinski definition) is 4. The van der Waals surface area contributed by atoms with E-state index in [-0.39, 0.29) is 17.2 Å².